The van der Waals surface area contributed by atoms with Gasteiger partial charge in [-0.25, -0.2) is 4.79 Å². The number of likely N-dealkylation sites (N-methyl/N-ethyl adjacent to an activating group) is 1. The number of hydrogen-bond acceptors (Lipinski definition) is 5. The van der Waals surface area contributed by atoms with E-state index in [1.807, 2.05) is 0 Å². The number of urea groups is 1. The summed E-state index contributed by atoms with van der Waals surface area (Å²) in [5, 5.41) is 3.67. The molecule has 0 aromatic rings. The van der Waals surface area contributed by atoms with Crippen molar-refractivity contribution >= 4 is 6.03 Å². The molecule has 7 nitrogen and oxygen atoms in total. The number of nitrogens with zero attached hydrogens (tertiary/aromatic N) is 3. The molecule has 12 atom stereocenters. The second-order valence-electron chi connectivity index (χ2n) is 19.2. The smallest absolute Gasteiger partial charge is 0.317 e. The molecule has 0 radical (unpaired) electrons. The molecule has 3 heterocycles. The zero-order valence-corrected chi connectivity index (χ0v) is 31.4. The molecular formula is C41H70N4O3. The van der Waals surface area contributed by atoms with Crippen molar-refractivity contribution in [2.75, 3.05) is 52.9 Å². The summed E-state index contributed by atoms with van der Waals surface area (Å²) in [4.78, 5) is 21.4. The lowest BCUT2D eigenvalue weighted by Gasteiger charge is -2.61. The Morgan fingerprint density at radius 1 is 0.854 bits per heavy atom. The molecule has 0 aromatic heterocycles. The van der Waals surface area contributed by atoms with Crippen LogP contribution in [-0.4, -0.2) is 97.6 Å². The molecule has 3 aliphatic heterocycles. The van der Waals surface area contributed by atoms with E-state index in [9.17, 15) is 4.79 Å². The highest BCUT2D eigenvalue weighted by Gasteiger charge is 2.69. The Kier molecular flexibility index (Phi) is 9.45. The van der Waals surface area contributed by atoms with Crippen LogP contribution in [0.4, 0.5) is 4.79 Å². The van der Waals surface area contributed by atoms with Gasteiger partial charge in [0.1, 0.15) is 0 Å². The van der Waals surface area contributed by atoms with Crippen molar-refractivity contribution in [1.82, 2.24) is 20.0 Å². The van der Waals surface area contributed by atoms with Gasteiger partial charge in [-0.05, 0) is 124 Å². The molecule has 8 fully saturated rings. The molecule has 0 unspecified atom stereocenters. The Labute approximate surface area is 293 Å². The fourth-order valence-electron chi connectivity index (χ4n) is 13.8. The van der Waals surface area contributed by atoms with Crippen molar-refractivity contribution in [2.24, 2.45) is 52.3 Å². The Morgan fingerprint density at radius 2 is 1.62 bits per heavy atom. The standard InChI is InChI=1S/C41H70N4O3/c1-28-13-18-41(47-27-28)29(2)37-36(48-41)26-35-33-12-11-30-25-31(14-16-39(30,3)34(33)15-17-40(35,37)4)42-38(46)45(32-9-7-6-8-10-32)24-23-44-21-19-43(5)20-22-44/h28-37H,6-27H2,1-5H3,(H,42,46)/t28-,29-,30+,31+,33+,34-,35-,36-,37-,39-,40-,41+/m0/s1. The van der Waals surface area contributed by atoms with Gasteiger partial charge in [-0.1, -0.05) is 47.0 Å². The Hall–Kier alpha value is -0.890. The highest BCUT2D eigenvalue weighted by molar-refractivity contribution is 5.75. The van der Waals surface area contributed by atoms with Crippen molar-refractivity contribution in [3.05, 3.63) is 0 Å². The Morgan fingerprint density at radius 3 is 2.38 bits per heavy atom. The van der Waals surface area contributed by atoms with Gasteiger partial charge in [-0.15, -0.1) is 0 Å². The maximum atomic E-state index is 14.1. The summed E-state index contributed by atoms with van der Waals surface area (Å²) >= 11 is 0. The van der Waals surface area contributed by atoms with Gasteiger partial charge in [0.2, 0.25) is 0 Å². The summed E-state index contributed by atoms with van der Waals surface area (Å²) < 4.78 is 13.6. The Balaban J connectivity index is 0.900. The fraction of sp³-hybridized carbons (Fsp3) is 0.976. The maximum absolute atomic E-state index is 14.1. The second kappa shape index (κ2) is 13.3. The topological polar surface area (TPSA) is 57.3 Å². The van der Waals surface area contributed by atoms with Crippen LogP contribution in [0.5, 0.6) is 0 Å². The Bertz CT molecular complexity index is 1140. The van der Waals surface area contributed by atoms with Gasteiger partial charge in [0.25, 0.3) is 0 Å². The first-order valence-corrected chi connectivity index (χ1v) is 20.9. The number of rotatable bonds is 5. The first-order valence-electron chi connectivity index (χ1n) is 20.9. The van der Waals surface area contributed by atoms with Crippen LogP contribution < -0.4 is 5.32 Å². The van der Waals surface area contributed by atoms with Gasteiger partial charge >= 0.3 is 6.03 Å². The molecule has 272 valence electrons. The van der Waals surface area contributed by atoms with Crippen molar-refractivity contribution < 1.29 is 14.3 Å². The molecule has 48 heavy (non-hydrogen) atoms. The van der Waals surface area contributed by atoms with Crippen molar-refractivity contribution in [3.8, 4) is 0 Å². The molecule has 8 aliphatic rings. The molecule has 0 bridgehead atoms. The summed E-state index contributed by atoms with van der Waals surface area (Å²) in [6.45, 7) is 17.5. The van der Waals surface area contributed by atoms with Crippen LogP contribution in [0.2, 0.25) is 0 Å². The van der Waals surface area contributed by atoms with Gasteiger partial charge < -0.3 is 24.6 Å². The highest BCUT2D eigenvalue weighted by Crippen LogP contribution is 2.71. The van der Waals surface area contributed by atoms with E-state index in [1.165, 1.54) is 83.5 Å². The molecule has 5 aliphatic carbocycles. The molecule has 2 amide bonds. The maximum Gasteiger partial charge on any atom is 0.317 e. The minimum Gasteiger partial charge on any atom is -0.349 e. The molecular weight excluding hydrogens is 596 g/mol. The van der Waals surface area contributed by atoms with E-state index >= 15 is 0 Å². The van der Waals surface area contributed by atoms with E-state index in [0.717, 1.165) is 82.4 Å². The number of amides is 2. The minimum absolute atomic E-state index is 0.243. The average molecular weight is 667 g/mol. The van der Waals surface area contributed by atoms with Crippen molar-refractivity contribution in [2.45, 2.75) is 148 Å². The fourth-order valence-corrected chi connectivity index (χ4v) is 13.8. The zero-order valence-electron chi connectivity index (χ0n) is 31.4. The lowest BCUT2D eigenvalue weighted by molar-refractivity contribution is -0.273. The predicted octanol–water partition coefficient (Wildman–Crippen LogP) is 7.39. The van der Waals surface area contributed by atoms with Crippen LogP contribution in [0.3, 0.4) is 0 Å². The van der Waals surface area contributed by atoms with Crippen LogP contribution in [0.15, 0.2) is 0 Å². The normalized spacial score (nSPS) is 48.4. The van der Waals surface area contributed by atoms with Crippen LogP contribution in [-0.2, 0) is 9.47 Å². The van der Waals surface area contributed by atoms with E-state index < -0.39 is 0 Å². The molecule has 8 rings (SSSR count). The first-order chi connectivity index (χ1) is 23.1. The number of carbonyl (C=O) groups is 1. The van der Waals surface area contributed by atoms with Gasteiger partial charge in [-0.2, -0.15) is 0 Å². The molecule has 0 aromatic carbocycles. The number of fused-ring (bicyclic) bond motifs is 7. The molecule has 5 saturated carbocycles. The van der Waals surface area contributed by atoms with E-state index in [2.05, 4.69) is 54.8 Å². The molecule has 1 spiro atoms. The monoisotopic (exact) mass is 667 g/mol. The first kappa shape index (κ1) is 34.2. The van der Waals surface area contributed by atoms with E-state index in [4.69, 9.17) is 9.47 Å². The lowest BCUT2D eigenvalue weighted by Crippen LogP contribution is -2.58. The predicted molar refractivity (Wildman–Crippen MR) is 192 cm³/mol. The molecule has 1 N–H and O–H groups in total. The molecule has 3 saturated heterocycles. The van der Waals surface area contributed by atoms with Crippen LogP contribution in [0.25, 0.3) is 0 Å². The summed E-state index contributed by atoms with van der Waals surface area (Å²) in [7, 11) is 2.22. The third-order valence-electron chi connectivity index (χ3n) is 16.8. The van der Waals surface area contributed by atoms with E-state index in [-0.39, 0.29) is 11.8 Å². The highest BCUT2D eigenvalue weighted by atomic mass is 16.7. The van der Waals surface area contributed by atoms with Gasteiger partial charge in [0.15, 0.2) is 5.79 Å². The number of piperazine rings is 1. The van der Waals surface area contributed by atoms with Gasteiger partial charge in [0.05, 0.1) is 12.7 Å². The van der Waals surface area contributed by atoms with E-state index in [1.54, 1.807) is 0 Å². The zero-order chi connectivity index (χ0) is 33.3. The summed E-state index contributed by atoms with van der Waals surface area (Å²) in [5.74, 6) is 4.73. The van der Waals surface area contributed by atoms with Gasteiger partial charge in [-0.3, -0.25) is 4.90 Å². The average Bonchev–Trinajstić information content (AvgIpc) is 3.53. The van der Waals surface area contributed by atoms with Crippen molar-refractivity contribution in [3.63, 3.8) is 0 Å². The molecule has 7 heteroatoms. The lowest BCUT2D eigenvalue weighted by atomic mass is 9.44. The third-order valence-corrected chi connectivity index (χ3v) is 16.8. The second-order valence-corrected chi connectivity index (χ2v) is 19.2. The number of hydrogen-bond donors (Lipinski definition) is 1. The largest absolute Gasteiger partial charge is 0.349 e. The summed E-state index contributed by atoms with van der Waals surface area (Å²) in [6.07, 6.45) is 19.4. The quantitative estimate of drug-likeness (QED) is 0.332. The SMILES string of the molecule is C[C@H]1CC[C@@]2(OC1)O[C@H]1C[C@H]3[C@@H]4CC[C@@H]5C[C@H](NC(=O)N(CCN6CCN(C)CC6)C6CCCCC6)CC[C@]5(C)[C@H]4CC[C@]3(C)[C@H]1[C@@H]2C. The number of nitrogens with one attached hydrogen (secondary N) is 1. The number of ether oxygens (including phenoxy) is 2. The summed E-state index contributed by atoms with van der Waals surface area (Å²) in [6, 6.07) is 1.01. The van der Waals surface area contributed by atoms with Crippen molar-refractivity contribution in [1.29, 1.82) is 0 Å². The van der Waals surface area contributed by atoms with Gasteiger partial charge in [0, 0.05) is 63.7 Å². The van der Waals surface area contributed by atoms with Crippen LogP contribution in [0.1, 0.15) is 124 Å². The minimum atomic E-state index is -0.309. The van der Waals surface area contributed by atoms with Crippen LogP contribution >= 0.6 is 0 Å². The van der Waals surface area contributed by atoms with E-state index in [0.29, 0.717) is 46.8 Å². The summed E-state index contributed by atoms with van der Waals surface area (Å²) in [5.41, 5.74) is 0.812. The third kappa shape index (κ3) is 5.89. The number of carbonyl (C=O) groups excluding carboxylic acids is 1. The van der Waals surface area contributed by atoms with Crippen LogP contribution in [0, 0.1) is 52.3 Å².